The first-order valence-corrected chi connectivity index (χ1v) is 10.1. The summed E-state index contributed by atoms with van der Waals surface area (Å²) in [5.41, 5.74) is 5.30. The zero-order valence-electron chi connectivity index (χ0n) is 13.8. The molecule has 0 spiro atoms. The van der Waals surface area contributed by atoms with E-state index in [4.69, 9.17) is 22.1 Å². The first-order chi connectivity index (χ1) is 12.6. The topological polar surface area (TPSA) is 83.0 Å². The van der Waals surface area contributed by atoms with Crippen molar-refractivity contribution in [3.63, 3.8) is 0 Å². The lowest BCUT2D eigenvalue weighted by Gasteiger charge is -2.09. The van der Waals surface area contributed by atoms with E-state index in [9.17, 15) is 4.79 Å². The summed E-state index contributed by atoms with van der Waals surface area (Å²) >= 11 is 9.05. The highest BCUT2D eigenvalue weighted by atomic mass is 35.5. The van der Waals surface area contributed by atoms with Crippen molar-refractivity contribution >= 4 is 40.6 Å². The Hall–Kier alpha value is -2.03. The number of aromatic nitrogens is 3. The van der Waals surface area contributed by atoms with Gasteiger partial charge in [-0.15, -0.1) is 21.5 Å². The number of hydrogen-bond donors (Lipinski definition) is 1. The lowest BCUT2D eigenvalue weighted by Crippen LogP contribution is -2.15. The summed E-state index contributed by atoms with van der Waals surface area (Å²) in [6.45, 7) is 0.953. The van der Waals surface area contributed by atoms with E-state index in [1.165, 1.54) is 11.8 Å². The van der Waals surface area contributed by atoms with Crippen molar-refractivity contribution in [2.45, 2.75) is 18.1 Å². The molecule has 0 saturated heterocycles. The second-order valence-corrected chi connectivity index (χ2v) is 7.75. The third kappa shape index (κ3) is 5.00. The number of carbonyl (C=O) groups is 1. The van der Waals surface area contributed by atoms with Crippen molar-refractivity contribution in [1.29, 1.82) is 0 Å². The van der Waals surface area contributed by atoms with Crippen LogP contribution in [0, 0.1) is 0 Å². The molecular formula is C17H17ClN4O2S2. The van der Waals surface area contributed by atoms with Gasteiger partial charge in [-0.05, 0) is 29.6 Å². The van der Waals surface area contributed by atoms with Gasteiger partial charge in [-0.3, -0.25) is 4.79 Å². The summed E-state index contributed by atoms with van der Waals surface area (Å²) in [6, 6.07) is 11.2. The van der Waals surface area contributed by atoms with Gasteiger partial charge in [-0.25, -0.2) is 0 Å². The Morgan fingerprint density at radius 3 is 2.92 bits per heavy atom. The Kier molecular flexibility index (Phi) is 6.54. The van der Waals surface area contributed by atoms with Gasteiger partial charge in [-0.1, -0.05) is 35.5 Å². The minimum Gasteiger partial charge on any atom is -0.493 e. The Labute approximate surface area is 164 Å². The number of primary amides is 1. The number of halogens is 1. The zero-order valence-corrected chi connectivity index (χ0v) is 16.2. The van der Waals surface area contributed by atoms with Gasteiger partial charge in [0.15, 0.2) is 11.0 Å². The lowest BCUT2D eigenvalue weighted by molar-refractivity contribution is -0.118. The van der Waals surface area contributed by atoms with Crippen molar-refractivity contribution in [2.24, 2.45) is 5.73 Å². The van der Waals surface area contributed by atoms with Gasteiger partial charge in [0.05, 0.1) is 11.5 Å². The van der Waals surface area contributed by atoms with E-state index in [0.717, 1.165) is 21.6 Å². The van der Waals surface area contributed by atoms with E-state index >= 15 is 0 Å². The van der Waals surface area contributed by atoms with Crippen LogP contribution in [0.4, 0.5) is 0 Å². The number of rotatable bonds is 9. The molecule has 0 aliphatic rings. The molecule has 136 valence electrons. The van der Waals surface area contributed by atoms with Crippen molar-refractivity contribution in [1.82, 2.24) is 14.8 Å². The molecule has 0 aliphatic heterocycles. The van der Waals surface area contributed by atoms with E-state index in [0.29, 0.717) is 23.9 Å². The lowest BCUT2D eigenvalue weighted by atomic mass is 10.3. The fourth-order valence-corrected chi connectivity index (χ4v) is 3.94. The molecule has 3 rings (SSSR count). The summed E-state index contributed by atoms with van der Waals surface area (Å²) in [5, 5.41) is 11.9. The Morgan fingerprint density at radius 2 is 2.19 bits per heavy atom. The molecule has 26 heavy (non-hydrogen) atoms. The molecule has 0 atom stereocenters. The molecule has 1 aromatic carbocycles. The van der Waals surface area contributed by atoms with Gasteiger partial charge >= 0.3 is 0 Å². The van der Waals surface area contributed by atoms with E-state index in [2.05, 4.69) is 10.2 Å². The summed E-state index contributed by atoms with van der Waals surface area (Å²) in [4.78, 5) is 12.2. The number of hydrogen-bond acceptors (Lipinski definition) is 6. The molecular weight excluding hydrogens is 392 g/mol. The van der Waals surface area contributed by atoms with Crippen molar-refractivity contribution < 1.29 is 9.53 Å². The molecule has 1 amide bonds. The number of nitrogens with zero attached hydrogens (tertiary/aromatic N) is 3. The minimum atomic E-state index is -0.351. The Balaban J connectivity index is 1.64. The Morgan fingerprint density at radius 1 is 1.31 bits per heavy atom. The van der Waals surface area contributed by atoms with Crippen LogP contribution >= 0.6 is 34.7 Å². The van der Waals surface area contributed by atoms with Crippen LogP contribution < -0.4 is 10.5 Å². The number of thioether (sulfide) groups is 1. The normalized spacial score (nSPS) is 10.8. The van der Waals surface area contributed by atoms with Gasteiger partial charge in [0.1, 0.15) is 5.75 Å². The summed E-state index contributed by atoms with van der Waals surface area (Å²) in [6.07, 6.45) is 0.239. The number of amides is 1. The van der Waals surface area contributed by atoms with Crippen molar-refractivity contribution in [3.05, 3.63) is 46.8 Å². The van der Waals surface area contributed by atoms with Crippen molar-refractivity contribution in [3.8, 4) is 16.5 Å². The molecule has 0 unspecified atom stereocenters. The van der Waals surface area contributed by atoms with Gasteiger partial charge < -0.3 is 15.0 Å². The maximum Gasteiger partial charge on any atom is 0.219 e. The fourth-order valence-electron chi connectivity index (χ4n) is 2.26. The SMILES string of the molecule is NC(=O)CCn1c(SCCOc2cccc(Cl)c2)nnc1-c1cccs1. The third-order valence-corrected chi connectivity index (χ3v) is 5.45. The van der Waals surface area contributed by atoms with E-state index in [1.807, 2.05) is 34.2 Å². The number of thiophene rings is 1. The predicted molar refractivity (Wildman–Crippen MR) is 105 cm³/mol. The van der Waals surface area contributed by atoms with E-state index in [-0.39, 0.29) is 12.3 Å². The summed E-state index contributed by atoms with van der Waals surface area (Å²) < 4.78 is 7.62. The minimum absolute atomic E-state index is 0.239. The maximum absolute atomic E-state index is 11.2. The van der Waals surface area contributed by atoms with Crippen LogP contribution in [-0.2, 0) is 11.3 Å². The molecule has 6 nitrogen and oxygen atoms in total. The predicted octanol–water partition coefficient (Wildman–Crippen LogP) is 3.71. The molecule has 0 fully saturated rings. The Bertz CT molecular complexity index is 868. The number of benzene rings is 1. The van der Waals surface area contributed by atoms with Crippen LogP contribution in [0.3, 0.4) is 0 Å². The van der Waals surface area contributed by atoms with Crippen LogP contribution in [0.25, 0.3) is 10.7 Å². The summed E-state index contributed by atoms with van der Waals surface area (Å²) in [7, 11) is 0. The van der Waals surface area contributed by atoms with Gasteiger partial charge in [-0.2, -0.15) is 0 Å². The molecule has 0 bridgehead atoms. The van der Waals surface area contributed by atoms with Crippen LogP contribution in [-0.4, -0.2) is 33.0 Å². The van der Waals surface area contributed by atoms with Crippen LogP contribution in [0.2, 0.25) is 5.02 Å². The highest BCUT2D eigenvalue weighted by Crippen LogP contribution is 2.27. The number of nitrogens with two attached hydrogens (primary N) is 1. The first kappa shape index (κ1) is 18.8. The second-order valence-electron chi connectivity index (χ2n) is 5.31. The molecule has 3 aromatic rings. The zero-order chi connectivity index (χ0) is 18.4. The number of ether oxygens (including phenoxy) is 1. The fraction of sp³-hybridized carbons (Fsp3) is 0.235. The molecule has 0 saturated carbocycles. The molecule has 9 heteroatoms. The summed E-state index contributed by atoms with van der Waals surface area (Å²) in [5.74, 6) is 1.81. The molecule has 0 radical (unpaired) electrons. The highest BCUT2D eigenvalue weighted by molar-refractivity contribution is 7.99. The smallest absolute Gasteiger partial charge is 0.219 e. The van der Waals surface area contributed by atoms with E-state index < -0.39 is 0 Å². The second kappa shape index (κ2) is 9.07. The van der Waals surface area contributed by atoms with Crippen LogP contribution in [0.15, 0.2) is 46.9 Å². The monoisotopic (exact) mass is 408 g/mol. The van der Waals surface area contributed by atoms with Gasteiger partial charge in [0.25, 0.3) is 0 Å². The van der Waals surface area contributed by atoms with Gasteiger partial charge in [0.2, 0.25) is 5.91 Å². The standard InChI is InChI=1S/C17H17ClN4O2S2/c18-12-3-1-4-13(11-12)24-8-10-26-17-21-20-16(14-5-2-9-25-14)22(17)7-6-15(19)23/h1-5,9,11H,6-8,10H2,(H2,19,23). The third-order valence-electron chi connectivity index (χ3n) is 3.42. The maximum atomic E-state index is 11.2. The van der Waals surface area contributed by atoms with E-state index in [1.54, 1.807) is 23.5 Å². The molecule has 0 aliphatic carbocycles. The molecule has 2 heterocycles. The molecule has 2 N–H and O–H groups in total. The number of carbonyl (C=O) groups excluding carboxylic acids is 1. The average molecular weight is 409 g/mol. The van der Waals surface area contributed by atoms with Gasteiger partial charge in [0, 0.05) is 23.7 Å². The van der Waals surface area contributed by atoms with Crippen LogP contribution in [0.1, 0.15) is 6.42 Å². The van der Waals surface area contributed by atoms with Crippen LogP contribution in [0.5, 0.6) is 5.75 Å². The quantitative estimate of drug-likeness (QED) is 0.431. The first-order valence-electron chi connectivity index (χ1n) is 7.90. The highest BCUT2D eigenvalue weighted by Gasteiger charge is 2.15. The average Bonchev–Trinajstić information content (AvgIpc) is 3.26. The van der Waals surface area contributed by atoms with Crippen molar-refractivity contribution in [2.75, 3.05) is 12.4 Å². The molecule has 2 aromatic heterocycles. The largest absolute Gasteiger partial charge is 0.493 e.